The topological polar surface area (TPSA) is 9.23 Å². The van der Waals surface area contributed by atoms with Gasteiger partial charge in [0.1, 0.15) is 24.0 Å². The van der Waals surface area contributed by atoms with Gasteiger partial charge in [-0.2, -0.15) is 0 Å². The Kier molecular flexibility index (Phi) is 4.04. The molecule has 18 heavy (non-hydrogen) atoms. The van der Waals surface area contributed by atoms with Gasteiger partial charge in [-0.3, -0.25) is 0 Å². The Morgan fingerprint density at radius 1 is 0.889 bits per heavy atom. The standard InChI is InChI=1S/C13H8Cl2F2O/c14-10-3-1-8(5-12(10)16)7-18-9-2-4-11(15)13(17)6-9/h1-6H,7H2. The summed E-state index contributed by atoms with van der Waals surface area (Å²) in [6, 6.07) is 8.46. The Hall–Kier alpha value is -1.32. The predicted octanol–water partition coefficient (Wildman–Crippen LogP) is 4.85. The van der Waals surface area contributed by atoms with Gasteiger partial charge in [0.15, 0.2) is 0 Å². The summed E-state index contributed by atoms with van der Waals surface area (Å²) in [5.41, 5.74) is 0.604. The molecule has 2 rings (SSSR count). The van der Waals surface area contributed by atoms with Crippen LogP contribution in [0.5, 0.6) is 5.75 Å². The normalized spacial score (nSPS) is 10.4. The maximum Gasteiger partial charge on any atom is 0.145 e. The Bertz CT molecular complexity index is 521. The summed E-state index contributed by atoms with van der Waals surface area (Å²) in [6.45, 7) is 0.120. The molecule has 0 spiro atoms. The lowest BCUT2D eigenvalue weighted by atomic mass is 10.2. The molecule has 0 atom stereocenters. The lowest BCUT2D eigenvalue weighted by Gasteiger charge is -2.07. The van der Waals surface area contributed by atoms with Crippen molar-refractivity contribution in [2.24, 2.45) is 0 Å². The molecule has 5 heteroatoms. The summed E-state index contributed by atoms with van der Waals surface area (Å²) in [7, 11) is 0. The van der Waals surface area contributed by atoms with Gasteiger partial charge in [-0.05, 0) is 29.8 Å². The molecule has 0 saturated carbocycles. The maximum absolute atomic E-state index is 13.2. The fourth-order valence-corrected chi connectivity index (χ4v) is 1.60. The molecule has 0 heterocycles. The van der Waals surface area contributed by atoms with Gasteiger partial charge in [-0.15, -0.1) is 0 Å². The Morgan fingerprint density at radius 3 is 2.11 bits per heavy atom. The lowest BCUT2D eigenvalue weighted by molar-refractivity contribution is 0.304. The lowest BCUT2D eigenvalue weighted by Crippen LogP contribution is -1.96. The highest BCUT2D eigenvalue weighted by atomic mass is 35.5. The second kappa shape index (κ2) is 5.55. The van der Waals surface area contributed by atoms with Crippen molar-refractivity contribution in [3.63, 3.8) is 0 Å². The molecule has 94 valence electrons. The Labute approximate surface area is 113 Å². The summed E-state index contributed by atoms with van der Waals surface area (Å²) in [5, 5.41) is 0.0798. The van der Waals surface area contributed by atoms with Gasteiger partial charge >= 0.3 is 0 Å². The molecule has 0 saturated heterocycles. The van der Waals surface area contributed by atoms with Crippen LogP contribution in [0.3, 0.4) is 0 Å². The van der Waals surface area contributed by atoms with Crippen LogP contribution in [-0.2, 0) is 6.61 Å². The van der Waals surface area contributed by atoms with Crippen LogP contribution in [0.15, 0.2) is 36.4 Å². The molecule has 0 aromatic heterocycles. The van der Waals surface area contributed by atoms with Gasteiger partial charge in [0.05, 0.1) is 10.0 Å². The van der Waals surface area contributed by atoms with E-state index in [1.165, 1.54) is 30.3 Å². The van der Waals surface area contributed by atoms with E-state index in [1.54, 1.807) is 6.07 Å². The zero-order valence-electron chi connectivity index (χ0n) is 9.09. The minimum Gasteiger partial charge on any atom is -0.489 e. The first-order valence-electron chi connectivity index (χ1n) is 5.08. The van der Waals surface area contributed by atoms with E-state index < -0.39 is 11.6 Å². The molecule has 0 N–H and O–H groups in total. The van der Waals surface area contributed by atoms with Crippen LogP contribution in [0.2, 0.25) is 10.0 Å². The van der Waals surface area contributed by atoms with E-state index >= 15 is 0 Å². The zero-order chi connectivity index (χ0) is 13.1. The predicted molar refractivity (Wildman–Crippen MR) is 67.2 cm³/mol. The highest BCUT2D eigenvalue weighted by Gasteiger charge is 2.04. The van der Waals surface area contributed by atoms with E-state index in [2.05, 4.69) is 0 Å². The molecule has 0 unspecified atom stereocenters. The van der Waals surface area contributed by atoms with Crippen molar-refractivity contribution in [2.45, 2.75) is 6.61 Å². The van der Waals surface area contributed by atoms with E-state index in [1.807, 2.05) is 0 Å². The monoisotopic (exact) mass is 288 g/mol. The van der Waals surface area contributed by atoms with Crippen LogP contribution in [-0.4, -0.2) is 0 Å². The van der Waals surface area contributed by atoms with Gasteiger partial charge in [0.2, 0.25) is 0 Å². The third kappa shape index (κ3) is 3.12. The summed E-state index contributed by atoms with van der Waals surface area (Å²) >= 11 is 11.1. The van der Waals surface area contributed by atoms with Gasteiger partial charge in [0, 0.05) is 6.07 Å². The molecule has 2 aromatic carbocycles. The van der Waals surface area contributed by atoms with Crippen LogP contribution in [0.1, 0.15) is 5.56 Å². The second-order valence-electron chi connectivity index (χ2n) is 3.61. The number of halogens is 4. The first kappa shape index (κ1) is 13.1. The van der Waals surface area contributed by atoms with Crippen molar-refractivity contribution < 1.29 is 13.5 Å². The number of benzene rings is 2. The van der Waals surface area contributed by atoms with Crippen molar-refractivity contribution in [2.75, 3.05) is 0 Å². The quantitative estimate of drug-likeness (QED) is 0.784. The smallest absolute Gasteiger partial charge is 0.145 e. The van der Waals surface area contributed by atoms with Gasteiger partial charge in [-0.1, -0.05) is 29.3 Å². The van der Waals surface area contributed by atoms with E-state index in [0.29, 0.717) is 11.3 Å². The van der Waals surface area contributed by atoms with Crippen LogP contribution < -0.4 is 4.74 Å². The first-order chi connectivity index (χ1) is 8.56. The van der Waals surface area contributed by atoms with Crippen molar-refractivity contribution in [3.05, 3.63) is 63.6 Å². The largest absolute Gasteiger partial charge is 0.489 e. The molecule has 0 bridgehead atoms. The SMILES string of the molecule is Fc1cc(COc2ccc(Cl)c(F)c2)ccc1Cl. The van der Waals surface area contributed by atoms with Crippen molar-refractivity contribution >= 4 is 23.2 Å². The average molecular weight is 289 g/mol. The third-order valence-electron chi connectivity index (χ3n) is 2.28. The molecule has 0 aliphatic rings. The molecule has 0 radical (unpaired) electrons. The van der Waals surface area contributed by atoms with E-state index in [9.17, 15) is 8.78 Å². The molecular formula is C13H8Cl2F2O. The molecule has 0 amide bonds. The molecule has 2 aromatic rings. The summed E-state index contributed by atoms with van der Waals surface area (Å²) in [6.07, 6.45) is 0. The van der Waals surface area contributed by atoms with E-state index in [0.717, 1.165) is 0 Å². The summed E-state index contributed by atoms with van der Waals surface area (Å²) < 4.78 is 31.6. The van der Waals surface area contributed by atoms with Crippen LogP contribution in [0.4, 0.5) is 8.78 Å². The minimum absolute atomic E-state index is 0.0277. The van der Waals surface area contributed by atoms with Crippen LogP contribution in [0.25, 0.3) is 0 Å². The average Bonchev–Trinajstić information content (AvgIpc) is 2.35. The molecule has 0 fully saturated rings. The number of ether oxygens (including phenoxy) is 1. The van der Waals surface area contributed by atoms with Gasteiger partial charge < -0.3 is 4.74 Å². The van der Waals surface area contributed by atoms with Crippen molar-refractivity contribution in [1.29, 1.82) is 0 Å². The maximum atomic E-state index is 13.2. The van der Waals surface area contributed by atoms with Crippen LogP contribution >= 0.6 is 23.2 Å². The van der Waals surface area contributed by atoms with Gasteiger partial charge in [-0.25, -0.2) is 8.78 Å². The highest BCUT2D eigenvalue weighted by Crippen LogP contribution is 2.22. The zero-order valence-corrected chi connectivity index (χ0v) is 10.6. The molecule has 0 aliphatic heterocycles. The Balaban J connectivity index is 2.06. The fourth-order valence-electron chi connectivity index (χ4n) is 1.36. The first-order valence-corrected chi connectivity index (χ1v) is 5.83. The highest BCUT2D eigenvalue weighted by molar-refractivity contribution is 6.31. The second-order valence-corrected chi connectivity index (χ2v) is 4.43. The minimum atomic E-state index is -0.559. The fraction of sp³-hybridized carbons (Fsp3) is 0.0769. The number of hydrogen-bond acceptors (Lipinski definition) is 1. The van der Waals surface area contributed by atoms with Crippen molar-refractivity contribution in [1.82, 2.24) is 0 Å². The van der Waals surface area contributed by atoms with Crippen LogP contribution in [0, 0.1) is 11.6 Å². The molecule has 0 aliphatic carbocycles. The third-order valence-corrected chi connectivity index (χ3v) is 2.89. The van der Waals surface area contributed by atoms with Gasteiger partial charge in [0.25, 0.3) is 0 Å². The Morgan fingerprint density at radius 2 is 1.50 bits per heavy atom. The van der Waals surface area contributed by atoms with E-state index in [-0.39, 0.29) is 16.7 Å². The molecular weight excluding hydrogens is 281 g/mol. The van der Waals surface area contributed by atoms with E-state index in [4.69, 9.17) is 27.9 Å². The number of rotatable bonds is 3. The summed E-state index contributed by atoms with van der Waals surface area (Å²) in [5.74, 6) is -0.747. The van der Waals surface area contributed by atoms with Crippen molar-refractivity contribution in [3.8, 4) is 5.75 Å². The molecule has 1 nitrogen and oxygen atoms in total. The number of hydrogen-bond donors (Lipinski definition) is 0. The summed E-state index contributed by atoms with van der Waals surface area (Å²) in [4.78, 5) is 0.